The molecule has 1 N–H and O–H groups in total. The molecule has 6 heteroatoms. The second-order valence-electron chi connectivity index (χ2n) is 10.7. The van der Waals surface area contributed by atoms with Crippen molar-refractivity contribution in [3.8, 4) is 0 Å². The number of thiophene rings is 1. The van der Waals surface area contributed by atoms with Crippen LogP contribution in [0.15, 0.2) is 40.5 Å². The highest BCUT2D eigenvalue weighted by Crippen LogP contribution is 2.66. The van der Waals surface area contributed by atoms with E-state index in [-0.39, 0.29) is 22.3 Å². The van der Waals surface area contributed by atoms with Gasteiger partial charge in [0, 0.05) is 7.05 Å². The zero-order valence-corrected chi connectivity index (χ0v) is 19.5. The topological polar surface area (TPSA) is 66.1 Å². The Morgan fingerprint density at radius 1 is 1.16 bits per heavy atom. The lowest BCUT2D eigenvalue weighted by Crippen LogP contribution is -2.59. The number of rotatable bonds is 4. The fraction of sp³-hybridized carbons (Fsp3) is 0.500. The number of aromatic amines is 1. The Bertz CT molecular complexity index is 1240. The third-order valence-electron chi connectivity index (χ3n) is 8.28. The molecule has 0 aliphatic heterocycles. The number of aromatic nitrogens is 2. The van der Waals surface area contributed by atoms with E-state index in [9.17, 15) is 9.59 Å². The summed E-state index contributed by atoms with van der Waals surface area (Å²) in [4.78, 5) is 35.6. The summed E-state index contributed by atoms with van der Waals surface area (Å²) in [5.41, 5.74) is 3.16. The number of carbonyl (C=O) groups is 1. The first-order valence-electron chi connectivity index (χ1n) is 11.7. The number of amides is 1. The minimum atomic E-state index is -0.281. The lowest BCUT2D eigenvalue weighted by molar-refractivity contribution is -0.159. The van der Waals surface area contributed by atoms with Crippen LogP contribution in [0, 0.1) is 24.2 Å². The average Bonchev–Trinajstić information content (AvgIpc) is 3.22. The second kappa shape index (κ2) is 7.01. The van der Waals surface area contributed by atoms with E-state index in [0.717, 1.165) is 19.3 Å². The molecule has 0 radical (unpaired) electrons. The highest BCUT2D eigenvalue weighted by molar-refractivity contribution is 7.17. The van der Waals surface area contributed by atoms with Crippen molar-refractivity contribution in [2.45, 2.75) is 57.4 Å². The molecule has 166 valence electrons. The maximum atomic E-state index is 13.9. The molecule has 4 bridgehead atoms. The number of carbonyl (C=O) groups excluding carboxylic acids is 1. The number of benzene rings is 1. The van der Waals surface area contributed by atoms with Gasteiger partial charge >= 0.3 is 0 Å². The summed E-state index contributed by atoms with van der Waals surface area (Å²) in [5.74, 6) is 2.07. The zero-order valence-electron chi connectivity index (χ0n) is 18.7. The number of hydrogen-bond acceptors (Lipinski definition) is 4. The average molecular weight is 448 g/mol. The van der Waals surface area contributed by atoms with Gasteiger partial charge in [-0.05, 0) is 79.7 Å². The first kappa shape index (κ1) is 20.2. The SMILES string of the molecule is Cc1ccc(C23CC4CC(CC(C(=O)N(C)Cc5nc6ccsc6c(=O)[nH]5)(C4)C2)C3)cc1. The normalized spacial score (nSPS) is 30.7. The van der Waals surface area contributed by atoms with Crippen molar-refractivity contribution in [1.82, 2.24) is 14.9 Å². The molecule has 32 heavy (non-hydrogen) atoms. The number of H-pyrrole nitrogens is 1. The molecule has 3 aromatic rings. The molecular weight excluding hydrogens is 418 g/mol. The van der Waals surface area contributed by atoms with Gasteiger partial charge in [0.1, 0.15) is 10.5 Å². The minimum absolute atomic E-state index is 0.117. The van der Waals surface area contributed by atoms with E-state index in [1.165, 1.54) is 41.7 Å². The number of aryl methyl sites for hydroxylation is 1. The first-order valence-corrected chi connectivity index (χ1v) is 12.5. The zero-order chi connectivity index (χ0) is 22.1. The minimum Gasteiger partial charge on any atom is -0.338 e. The third-order valence-corrected chi connectivity index (χ3v) is 9.18. The van der Waals surface area contributed by atoms with Crippen LogP contribution in [0.5, 0.6) is 0 Å². The largest absolute Gasteiger partial charge is 0.338 e. The van der Waals surface area contributed by atoms with Gasteiger partial charge in [0.05, 0.1) is 17.5 Å². The predicted octanol–water partition coefficient (Wildman–Crippen LogP) is 4.79. The molecule has 1 amide bonds. The van der Waals surface area contributed by atoms with Crippen molar-refractivity contribution < 1.29 is 4.79 Å². The van der Waals surface area contributed by atoms with Gasteiger partial charge in [-0.3, -0.25) is 9.59 Å². The number of hydrogen-bond donors (Lipinski definition) is 1. The van der Waals surface area contributed by atoms with Crippen molar-refractivity contribution >= 4 is 27.5 Å². The van der Waals surface area contributed by atoms with E-state index in [1.54, 1.807) is 0 Å². The second-order valence-corrected chi connectivity index (χ2v) is 11.6. The summed E-state index contributed by atoms with van der Waals surface area (Å²) in [6.07, 6.45) is 6.68. The Kier molecular flexibility index (Phi) is 4.42. The Morgan fingerprint density at radius 3 is 2.59 bits per heavy atom. The predicted molar refractivity (Wildman–Crippen MR) is 127 cm³/mol. The van der Waals surface area contributed by atoms with Crippen molar-refractivity contribution in [3.05, 3.63) is 63.0 Å². The van der Waals surface area contributed by atoms with Crippen LogP contribution in [0.1, 0.15) is 55.5 Å². The number of nitrogens with zero attached hydrogens (tertiary/aromatic N) is 2. The Morgan fingerprint density at radius 2 is 1.88 bits per heavy atom. The Hall–Kier alpha value is -2.47. The van der Waals surface area contributed by atoms with Crippen LogP contribution in [0.2, 0.25) is 0 Å². The molecule has 2 unspecified atom stereocenters. The Balaban J connectivity index is 1.30. The highest BCUT2D eigenvalue weighted by atomic mass is 32.1. The molecule has 7 rings (SSSR count). The van der Waals surface area contributed by atoms with Gasteiger partial charge in [0.15, 0.2) is 0 Å². The Labute approximate surface area is 191 Å². The van der Waals surface area contributed by atoms with Gasteiger partial charge in [0.25, 0.3) is 5.56 Å². The van der Waals surface area contributed by atoms with E-state index < -0.39 is 0 Å². The molecule has 4 saturated carbocycles. The van der Waals surface area contributed by atoms with E-state index in [1.807, 2.05) is 23.4 Å². The quantitative estimate of drug-likeness (QED) is 0.625. The van der Waals surface area contributed by atoms with Crippen LogP contribution in [-0.2, 0) is 16.8 Å². The van der Waals surface area contributed by atoms with Gasteiger partial charge in [-0.2, -0.15) is 0 Å². The van der Waals surface area contributed by atoms with Crippen molar-refractivity contribution in [2.75, 3.05) is 7.05 Å². The molecule has 2 aromatic heterocycles. The lowest BCUT2D eigenvalue weighted by atomic mass is 9.42. The van der Waals surface area contributed by atoms with Crippen molar-refractivity contribution in [1.29, 1.82) is 0 Å². The molecule has 4 fully saturated rings. The van der Waals surface area contributed by atoms with Crippen LogP contribution in [0.25, 0.3) is 10.2 Å². The smallest absolute Gasteiger partial charge is 0.268 e. The van der Waals surface area contributed by atoms with Crippen molar-refractivity contribution in [3.63, 3.8) is 0 Å². The van der Waals surface area contributed by atoms with Crippen LogP contribution >= 0.6 is 11.3 Å². The van der Waals surface area contributed by atoms with Crippen LogP contribution in [-0.4, -0.2) is 27.8 Å². The van der Waals surface area contributed by atoms with Crippen molar-refractivity contribution in [2.24, 2.45) is 17.3 Å². The third kappa shape index (κ3) is 3.06. The van der Waals surface area contributed by atoms with Gasteiger partial charge in [-0.1, -0.05) is 29.8 Å². The van der Waals surface area contributed by atoms with Gasteiger partial charge in [0.2, 0.25) is 5.91 Å². The molecular formula is C26H29N3O2S. The van der Waals surface area contributed by atoms with E-state index >= 15 is 0 Å². The molecule has 5 nitrogen and oxygen atoms in total. The fourth-order valence-corrected chi connectivity index (χ4v) is 8.18. The first-order chi connectivity index (χ1) is 15.4. The van der Waals surface area contributed by atoms with Gasteiger partial charge < -0.3 is 9.88 Å². The summed E-state index contributed by atoms with van der Waals surface area (Å²) in [6, 6.07) is 10.9. The van der Waals surface area contributed by atoms with E-state index in [2.05, 4.69) is 41.2 Å². The lowest BCUT2D eigenvalue weighted by Gasteiger charge is -2.62. The van der Waals surface area contributed by atoms with Crippen LogP contribution in [0.3, 0.4) is 0 Å². The number of fused-ring (bicyclic) bond motifs is 1. The monoisotopic (exact) mass is 447 g/mol. The number of nitrogens with one attached hydrogen (secondary N) is 1. The molecule has 4 aliphatic rings. The van der Waals surface area contributed by atoms with E-state index in [0.29, 0.717) is 34.4 Å². The maximum Gasteiger partial charge on any atom is 0.268 e. The summed E-state index contributed by atoms with van der Waals surface area (Å²) in [5, 5.41) is 1.88. The summed E-state index contributed by atoms with van der Waals surface area (Å²) in [6.45, 7) is 2.48. The summed E-state index contributed by atoms with van der Waals surface area (Å²) < 4.78 is 0.642. The maximum absolute atomic E-state index is 13.9. The summed E-state index contributed by atoms with van der Waals surface area (Å²) >= 11 is 1.40. The standard InChI is InChI=1S/C26H29N3O2S/c1-16-3-5-19(6-4-16)25-10-17-9-18(11-25)13-26(12-17,15-25)24(31)29(2)14-21-27-20-7-8-32-22(20)23(30)28-21/h3-8,17-18H,9-15H2,1-2H3,(H,27,28,30). The molecule has 2 heterocycles. The summed E-state index contributed by atoms with van der Waals surface area (Å²) in [7, 11) is 1.87. The molecule has 4 aliphatic carbocycles. The van der Waals surface area contributed by atoms with Crippen LogP contribution < -0.4 is 5.56 Å². The highest BCUT2D eigenvalue weighted by Gasteiger charge is 2.61. The fourth-order valence-electron chi connectivity index (χ4n) is 7.46. The molecule has 2 atom stereocenters. The molecule has 0 saturated heterocycles. The molecule has 0 spiro atoms. The van der Waals surface area contributed by atoms with Gasteiger partial charge in [-0.15, -0.1) is 11.3 Å². The van der Waals surface area contributed by atoms with E-state index in [4.69, 9.17) is 0 Å². The van der Waals surface area contributed by atoms with Crippen LogP contribution in [0.4, 0.5) is 0 Å². The molecule has 1 aromatic carbocycles. The van der Waals surface area contributed by atoms with Gasteiger partial charge in [-0.25, -0.2) is 4.98 Å².